The first-order valence-corrected chi connectivity index (χ1v) is 7.00. The average molecular weight is 278 g/mol. The van der Waals surface area contributed by atoms with Crippen LogP contribution in [-0.4, -0.2) is 22.0 Å². The highest BCUT2D eigenvalue weighted by Crippen LogP contribution is 2.44. The lowest BCUT2D eigenvalue weighted by Crippen LogP contribution is -2.50. The molecule has 1 fully saturated rings. The molecule has 1 aliphatic heterocycles. The van der Waals surface area contributed by atoms with Crippen molar-refractivity contribution >= 4 is 17.5 Å². The van der Waals surface area contributed by atoms with Crippen molar-refractivity contribution in [2.75, 3.05) is 0 Å². The minimum Gasteiger partial charge on any atom is -0.362 e. The summed E-state index contributed by atoms with van der Waals surface area (Å²) >= 11 is 6.17. The van der Waals surface area contributed by atoms with Crippen LogP contribution in [0.2, 0.25) is 0 Å². The highest BCUT2D eigenvalue weighted by atomic mass is 35.5. The molecule has 100 valence electrons. The molecule has 1 aromatic carbocycles. The van der Waals surface area contributed by atoms with Crippen molar-refractivity contribution in [2.24, 2.45) is 0 Å². The van der Waals surface area contributed by atoms with Crippen molar-refractivity contribution in [3.8, 4) is 0 Å². The zero-order valence-corrected chi connectivity index (χ0v) is 11.3. The summed E-state index contributed by atoms with van der Waals surface area (Å²) in [6.07, 6.45) is 5.39. The topological polar surface area (TPSA) is 40.5 Å². The number of halogens is 1. The number of carbonyl (C=O) groups excluding carboxylic acids is 1. The van der Waals surface area contributed by atoms with Crippen molar-refractivity contribution < 1.29 is 9.90 Å². The van der Waals surface area contributed by atoms with Gasteiger partial charge >= 0.3 is 0 Å². The number of carbonyl (C=O) groups is 1. The molecule has 0 saturated heterocycles. The second kappa shape index (κ2) is 4.66. The molecular formula is C15H16ClNO2. The predicted molar refractivity (Wildman–Crippen MR) is 73.4 cm³/mol. The Hall–Kier alpha value is -1.32. The van der Waals surface area contributed by atoms with E-state index in [2.05, 4.69) is 0 Å². The fraction of sp³-hybridized carbons (Fsp3) is 0.400. The molecule has 0 radical (unpaired) electrons. The Kier molecular flexibility index (Phi) is 3.11. The molecule has 0 aromatic heterocycles. The number of amides is 1. The Morgan fingerprint density at radius 2 is 1.84 bits per heavy atom. The van der Waals surface area contributed by atoms with E-state index < -0.39 is 5.72 Å². The number of rotatable bonds is 2. The van der Waals surface area contributed by atoms with E-state index in [0.29, 0.717) is 5.56 Å². The summed E-state index contributed by atoms with van der Waals surface area (Å²) in [6, 6.07) is 9.24. The normalized spacial score (nSPS) is 28.0. The van der Waals surface area contributed by atoms with E-state index in [1.807, 2.05) is 18.2 Å². The molecule has 3 nitrogen and oxygen atoms in total. The van der Waals surface area contributed by atoms with Gasteiger partial charge in [-0.3, -0.25) is 9.69 Å². The van der Waals surface area contributed by atoms with Crippen LogP contribution in [0, 0.1) is 0 Å². The zero-order chi connectivity index (χ0) is 13.5. The van der Waals surface area contributed by atoms with E-state index in [1.165, 1.54) is 6.08 Å². The Labute approximate surface area is 117 Å². The molecule has 1 amide bonds. The second-order valence-corrected chi connectivity index (χ2v) is 5.58. The molecule has 0 bridgehead atoms. The molecule has 1 aromatic rings. The van der Waals surface area contributed by atoms with Crippen LogP contribution < -0.4 is 0 Å². The van der Waals surface area contributed by atoms with Gasteiger partial charge < -0.3 is 5.11 Å². The lowest BCUT2D eigenvalue weighted by Gasteiger charge is -2.39. The van der Waals surface area contributed by atoms with Gasteiger partial charge in [0.15, 0.2) is 0 Å². The van der Waals surface area contributed by atoms with Crippen LogP contribution in [-0.2, 0) is 10.5 Å². The standard InChI is InChI=1S/C15H16ClNO2/c16-13-10-14(18)17(12-8-4-5-9-12)15(13,19)11-6-2-1-3-7-11/h1-3,6-7,10,12,19H,4-5,8-9H2. The van der Waals surface area contributed by atoms with Gasteiger partial charge in [-0.2, -0.15) is 0 Å². The highest BCUT2D eigenvalue weighted by molar-refractivity contribution is 6.33. The maximum atomic E-state index is 12.2. The fourth-order valence-electron chi connectivity index (χ4n) is 3.11. The molecule has 4 heteroatoms. The largest absolute Gasteiger partial charge is 0.362 e. The van der Waals surface area contributed by atoms with Gasteiger partial charge in [0.2, 0.25) is 5.72 Å². The first-order chi connectivity index (χ1) is 9.14. The van der Waals surface area contributed by atoms with Gasteiger partial charge in [0.1, 0.15) is 0 Å². The van der Waals surface area contributed by atoms with Crippen molar-refractivity contribution in [2.45, 2.75) is 37.5 Å². The summed E-state index contributed by atoms with van der Waals surface area (Å²) in [5.74, 6) is -0.191. The molecule has 1 heterocycles. The van der Waals surface area contributed by atoms with E-state index in [1.54, 1.807) is 17.0 Å². The molecule has 3 rings (SSSR count). The molecule has 1 N–H and O–H groups in total. The van der Waals surface area contributed by atoms with Gasteiger partial charge in [0.25, 0.3) is 5.91 Å². The van der Waals surface area contributed by atoms with Crippen LogP contribution in [0.3, 0.4) is 0 Å². The second-order valence-electron chi connectivity index (χ2n) is 5.18. The van der Waals surface area contributed by atoms with Crippen molar-refractivity contribution in [3.05, 3.63) is 47.0 Å². The summed E-state index contributed by atoms with van der Waals surface area (Å²) in [5.41, 5.74) is -0.844. The van der Waals surface area contributed by atoms with Crippen LogP contribution in [0.25, 0.3) is 0 Å². The van der Waals surface area contributed by atoms with Gasteiger partial charge in [-0.05, 0) is 12.8 Å². The van der Waals surface area contributed by atoms with Gasteiger partial charge in [0, 0.05) is 17.7 Å². The van der Waals surface area contributed by atoms with Gasteiger partial charge in [0.05, 0.1) is 5.03 Å². The van der Waals surface area contributed by atoms with E-state index in [4.69, 9.17) is 11.6 Å². The lowest BCUT2D eigenvalue weighted by atomic mass is 10.0. The molecular weight excluding hydrogens is 262 g/mol. The Bertz CT molecular complexity index is 522. The summed E-state index contributed by atoms with van der Waals surface area (Å²) in [4.78, 5) is 13.7. The summed E-state index contributed by atoms with van der Waals surface area (Å²) in [7, 11) is 0. The number of hydrogen-bond acceptors (Lipinski definition) is 2. The minimum absolute atomic E-state index is 0.0743. The van der Waals surface area contributed by atoms with Crippen LogP contribution in [0.5, 0.6) is 0 Å². The van der Waals surface area contributed by atoms with Crippen molar-refractivity contribution in [1.82, 2.24) is 4.90 Å². The van der Waals surface area contributed by atoms with E-state index in [0.717, 1.165) is 25.7 Å². The monoisotopic (exact) mass is 277 g/mol. The minimum atomic E-state index is -1.49. The van der Waals surface area contributed by atoms with E-state index in [-0.39, 0.29) is 17.0 Å². The molecule has 1 unspecified atom stereocenters. The van der Waals surface area contributed by atoms with E-state index >= 15 is 0 Å². The van der Waals surface area contributed by atoms with Gasteiger partial charge in [-0.25, -0.2) is 0 Å². The van der Waals surface area contributed by atoms with Crippen LogP contribution >= 0.6 is 11.6 Å². The quantitative estimate of drug-likeness (QED) is 0.903. The fourth-order valence-corrected chi connectivity index (χ4v) is 3.40. The molecule has 0 spiro atoms. The van der Waals surface area contributed by atoms with Gasteiger partial charge in [-0.1, -0.05) is 54.8 Å². The Morgan fingerprint density at radius 1 is 1.21 bits per heavy atom. The zero-order valence-electron chi connectivity index (χ0n) is 10.6. The van der Waals surface area contributed by atoms with Crippen LogP contribution in [0.4, 0.5) is 0 Å². The van der Waals surface area contributed by atoms with E-state index in [9.17, 15) is 9.90 Å². The van der Waals surface area contributed by atoms with Crippen LogP contribution in [0.1, 0.15) is 31.2 Å². The third-order valence-corrected chi connectivity index (χ3v) is 4.41. The van der Waals surface area contributed by atoms with Crippen LogP contribution in [0.15, 0.2) is 41.4 Å². The van der Waals surface area contributed by atoms with Crippen molar-refractivity contribution in [3.63, 3.8) is 0 Å². The molecule has 2 aliphatic rings. The maximum absolute atomic E-state index is 12.2. The maximum Gasteiger partial charge on any atom is 0.250 e. The number of aliphatic hydroxyl groups is 1. The Morgan fingerprint density at radius 3 is 2.47 bits per heavy atom. The lowest BCUT2D eigenvalue weighted by molar-refractivity contribution is -0.149. The van der Waals surface area contributed by atoms with Gasteiger partial charge in [-0.15, -0.1) is 0 Å². The SMILES string of the molecule is O=C1C=C(Cl)C(O)(c2ccccc2)N1C1CCCC1. The third kappa shape index (κ3) is 1.88. The molecule has 1 atom stereocenters. The summed E-state index contributed by atoms with van der Waals surface area (Å²) in [5, 5.41) is 11.2. The predicted octanol–water partition coefficient (Wildman–Crippen LogP) is 2.74. The summed E-state index contributed by atoms with van der Waals surface area (Å²) in [6.45, 7) is 0. The average Bonchev–Trinajstić information content (AvgIpc) is 2.99. The molecule has 1 saturated carbocycles. The third-order valence-electron chi connectivity index (χ3n) is 4.04. The number of hydrogen-bond donors (Lipinski definition) is 1. The van der Waals surface area contributed by atoms with Crippen molar-refractivity contribution in [1.29, 1.82) is 0 Å². The first kappa shape index (κ1) is 12.7. The highest BCUT2D eigenvalue weighted by Gasteiger charge is 2.50. The molecule has 19 heavy (non-hydrogen) atoms. The number of benzene rings is 1. The molecule has 1 aliphatic carbocycles. The smallest absolute Gasteiger partial charge is 0.250 e. The number of nitrogens with zero attached hydrogens (tertiary/aromatic N) is 1. The first-order valence-electron chi connectivity index (χ1n) is 6.63. The summed E-state index contributed by atoms with van der Waals surface area (Å²) < 4.78 is 0. The Balaban J connectivity index is 2.05.